The molecule has 1 aliphatic heterocycles. The van der Waals surface area contributed by atoms with Gasteiger partial charge in [0.15, 0.2) is 0 Å². The molecule has 0 saturated carbocycles. The van der Waals surface area contributed by atoms with Gasteiger partial charge >= 0.3 is 0 Å². The average molecular weight is 442 g/mol. The fourth-order valence-electron chi connectivity index (χ4n) is 3.77. The summed E-state index contributed by atoms with van der Waals surface area (Å²) in [7, 11) is 5.29. The van der Waals surface area contributed by atoms with Gasteiger partial charge in [0.2, 0.25) is 0 Å². The first-order valence-corrected chi connectivity index (χ1v) is 11.0. The second kappa shape index (κ2) is 8.68. The number of aryl methyl sites for hydroxylation is 2. The van der Waals surface area contributed by atoms with Crippen LogP contribution in [0, 0.1) is 13.8 Å². The number of thiophene rings is 1. The molecule has 4 rings (SSSR count). The molecule has 1 aromatic carbocycles. The quantitative estimate of drug-likeness (QED) is 0.651. The maximum Gasteiger partial charge on any atom is 0.266 e. The van der Waals surface area contributed by atoms with E-state index in [1.165, 1.54) is 11.3 Å². The summed E-state index contributed by atoms with van der Waals surface area (Å²) in [6.07, 6.45) is 0. The van der Waals surface area contributed by atoms with E-state index in [9.17, 15) is 4.79 Å². The predicted molar refractivity (Wildman–Crippen MR) is 124 cm³/mol. The van der Waals surface area contributed by atoms with Crippen molar-refractivity contribution in [3.05, 3.63) is 34.5 Å². The molecule has 0 aliphatic carbocycles. The Bertz CT molecular complexity index is 1120. The molecule has 1 N–H and O–H groups in total. The Hall–Kier alpha value is -2.91. The molecule has 1 saturated heterocycles. The minimum Gasteiger partial charge on any atom is -0.497 e. The van der Waals surface area contributed by atoms with Gasteiger partial charge in [-0.1, -0.05) is 0 Å². The van der Waals surface area contributed by atoms with Gasteiger partial charge in [0.05, 0.1) is 30.2 Å². The lowest BCUT2D eigenvalue weighted by Crippen LogP contribution is -2.45. The van der Waals surface area contributed by atoms with Crippen LogP contribution < -0.4 is 19.7 Å². The van der Waals surface area contributed by atoms with Crippen molar-refractivity contribution in [3.63, 3.8) is 0 Å². The number of nitrogens with one attached hydrogen (secondary N) is 1. The van der Waals surface area contributed by atoms with Crippen LogP contribution >= 0.6 is 11.3 Å². The number of anilines is 2. The summed E-state index contributed by atoms with van der Waals surface area (Å²) in [5.41, 5.74) is 1.49. The standard InChI is InChI=1S/C22H27N5O3S/c1-13-18-20(27-10-8-26(3)9-11-27)23-14(2)24-22(18)31-19(13)21(28)25-16-7-6-15(29-4)12-17(16)30-5/h6-7,12H,8-11H2,1-5H3,(H,25,28). The van der Waals surface area contributed by atoms with E-state index in [0.717, 1.165) is 47.8 Å². The number of rotatable bonds is 5. The van der Waals surface area contributed by atoms with Gasteiger partial charge in [-0.05, 0) is 38.6 Å². The van der Waals surface area contributed by atoms with Gasteiger partial charge in [-0.15, -0.1) is 11.3 Å². The number of carbonyl (C=O) groups is 1. The summed E-state index contributed by atoms with van der Waals surface area (Å²) in [6.45, 7) is 7.65. The first kappa shape index (κ1) is 21.3. The molecular formula is C22H27N5O3S. The van der Waals surface area contributed by atoms with E-state index < -0.39 is 0 Å². The Labute approximate surface area is 185 Å². The number of aromatic nitrogens is 2. The summed E-state index contributed by atoms with van der Waals surface area (Å²) in [5, 5.41) is 3.94. The molecular weight excluding hydrogens is 414 g/mol. The third-order valence-corrected chi connectivity index (χ3v) is 6.73. The average Bonchev–Trinajstić information content (AvgIpc) is 3.10. The van der Waals surface area contributed by atoms with Crippen LogP contribution in [0.4, 0.5) is 11.5 Å². The van der Waals surface area contributed by atoms with Crippen molar-refractivity contribution >= 4 is 39.0 Å². The van der Waals surface area contributed by atoms with Gasteiger partial charge in [0.1, 0.15) is 28.0 Å². The van der Waals surface area contributed by atoms with Crippen LogP contribution in [0.25, 0.3) is 10.2 Å². The highest BCUT2D eigenvalue weighted by Gasteiger charge is 2.25. The molecule has 1 fully saturated rings. The van der Waals surface area contributed by atoms with Gasteiger partial charge in [0.25, 0.3) is 5.91 Å². The number of amides is 1. The van der Waals surface area contributed by atoms with Crippen molar-refractivity contribution in [1.29, 1.82) is 0 Å². The molecule has 0 radical (unpaired) electrons. The molecule has 0 atom stereocenters. The molecule has 3 heterocycles. The van der Waals surface area contributed by atoms with Crippen molar-refractivity contribution in [1.82, 2.24) is 14.9 Å². The first-order valence-electron chi connectivity index (χ1n) is 10.2. The summed E-state index contributed by atoms with van der Waals surface area (Å²) in [5.74, 6) is 2.65. The van der Waals surface area contributed by atoms with Crippen LogP contribution in [0.15, 0.2) is 18.2 Å². The molecule has 9 heteroatoms. The normalized spacial score (nSPS) is 14.7. The Kier molecular flexibility index (Phi) is 5.97. The van der Waals surface area contributed by atoms with Gasteiger partial charge in [0, 0.05) is 32.2 Å². The molecule has 8 nitrogen and oxygen atoms in total. The van der Waals surface area contributed by atoms with Gasteiger partial charge in [-0.25, -0.2) is 9.97 Å². The minimum absolute atomic E-state index is 0.189. The van der Waals surface area contributed by atoms with E-state index in [0.29, 0.717) is 27.9 Å². The summed E-state index contributed by atoms with van der Waals surface area (Å²) >= 11 is 1.40. The Morgan fingerprint density at radius 2 is 1.84 bits per heavy atom. The number of fused-ring (bicyclic) bond motifs is 1. The molecule has 3 aromatic rings. The highest BCUT2D eigenvalue weighted by atomic mass is 32.1. The van der Waals surface area contributed by atoms with Crippen molar-refractivity contribution in [2.45, 2.75) is 13.8 Å². The van der Waals surface area contributed by atoms with E-state index in [-0.39, 0.29) is 5.91 Å². The van der Waals surface area contributed by atoms with Crippen LogP contribution in [0.5, 0.6) is 11.5 Å². The van der Waals surface area contributed by atoms with E-state index in [2.05, 4.69) is 27.1 Å². The van der Waals surface area contributed by atoms with Crippen molar-refractivity contribution in [3.8, 4) is 11.5 Å². The van der Waals surface area contributed by atoms with Gasteiger partial charge in [-0.3, -0.25) is 4.79 Å². The third kappa shape index (κ3) is 4.15. The third-order valence-electron chi connectivity index (χ3n) is 5.55. The lowest BCUT2D eigenvalue weighted by atomic mass is 10.1. The number of hydrogen-bond acceptors (Lipinski definition) is 8. The van der Waals surface area contributed by atoms with E-state index in [4.69, 9.17) is 14.5 Å². The van der Waals surface area contributed by atoms with Crippen LogP contribution in [0.2, 0.25) is 0 Å². The number of carbonyl (C=O) groups excluding carboxylic acids is 1. The van der Waals surface area contributed by atoms with Crippen LogP contribution in [-0.4, -0.2) is 68.2 Å². The fourth-order valence-corrected chi connectivity index (χ4v) is 4.88. The number of piperazine rings is 1. The Morgan fingerprint density at radius 3 is 2.52 bits per heavy atom. The second-order valence-electron chi connectivity index (χ2n) is 7.64. The summed E-state index contributed by atoms with van der Waals surface area (Å²) in [4.78, 5) is 28.6. The van der Waals surface area contributed by atoms with Crippen LogP contribution in [0.3, 0.4) is 0 Å². The monoisotopic (exact) mass is 441 g/mol. The number of likely N-dealkylation sites (N-methyl/N-ethyl adjacent to an activating group) is 1. The maximum atomic E-state index is 13.2. The largest absolute Gasteiger partial charge is 0.497 e. The first-order chi connectivity index (χ1) is 14.9. The molecule has 0 unspecified atom stereocenters. The lowest BCUT2D eigenvalue weighted by molar-refractivity contribution is 0.102. The molecule has 0 bridgehead atoms. The van der Waals surface area contributed by atoms with Gasteiger partial charge in [-0.2, -0.15) is 0 Å². The van der Waals surface area contributed by atoms with E-state index >= 15 is 0 Å². The summed E-state index contributed by atoms with van der Waals surface area (Å²) in [6, 6.07) is 5.31. The van der Waals surface area contributed by atoms with Crippen LogP contribution in [0.1, 0.15) is 21.1 Å². The zero-order chi connectivity index (χ0) is 22.1. The number of benzene rings is 1. The highest BCUT2D eigenvalue weighted by Crippen LogP contribution is 2.37. The molecule has 0 spiro atoms. The van der Waals surface area contributed by atoms with E-state index in [1.54, 1.807) is 32.4 Å². The van der Waals surface area contributed by atoms with Crippen molar-refractivity contribution in [2.75, 3.05) is 57.7 Å². The Balaban J connectivity index is 1.70. The number of nitrogens with zero attached hydrogens (tertiary/aromatic N) is 4. The fraction of sp³-hybridized carbons (Fsp3) is 0.409. The Morgan fingerprint density at radius 1 is 1.10 bits per heavy atom. The number of hydrogen-bond donors (Lipinski definition) is 1. The minimum atomic E-state index is -0.189. The predicted octanol–water partition coefficient (Wildman–Crippen LogP) is 3.33. The van der Waals surface area contributed by atoms with Gasteiger partial charge < -0.3 is 24.6 Å². The van der Waals surface area contributed by atoms with Crippen LogP contribution in [-0.2, 0) is 0 Å². The van der Waals surface area contributed by atoms with Crippen molar-refractivity contribution in [2.24, 2.45) is 0 Å². The molecule has 2 aromatic heterocycles. The second-order valence-corrected chi connectivity index (χ2v) is 8.64. The number of ether oxygens (including phenoxy) is 2. The summed E-state index contributed by atoms with van der Waals surface area (Å²) < 4.78 is 10.6. The highest BCUT2D eigenvalue weighted by molar-refractivity contribution is 7.20. The molecule has 164 valence electrons. The zero-order valence-electron chi connectivity index (χ0n) is 18.5. The zero-order valence-corrected chi connectivity index (χ0v) is 19.3. The topological polar surface area (TPSA) is 79.8 Å². The van der Waals surface area contributed by atoms with Crippen molar-refractivity contribution < 1.29 is 14.3 Å². The number of methoxy groups -OCH3 is 2. The SMILES string of the molecule is COc1ccc(NC(=O)c2sc3nc(C)nc(N4CCN(C)CC4)c3c2C)c(OC)c1. The smallest absolute Gasteiger partial charge is 0.266 e. The maximum absolute atomic E-state index is 13.2. The lowest BCUT2D eigenvalue weighted by Gasteiger charge is -2.33. The molecule has 1 aliphatic rings. The molecule has 1 amide bonds. The molecule has 31 heavy (non-hydrogen) atoms. The van der Waals surface area contributed by atoms with E-state index in [1.807, 2.05) is 13.8 Å².